The number of anilines is 1. The predicted octanol–water partition coefficient (Wildman–Crippen LogP) is 2.75. The zero-order chi connectivity index (χ0) is 12.8. The van der Waals surface area contributed by atoms with Crippen LogP contribution in [0.4, 0.5) is 5.69 Å². The molecule has 0 aromatic heterocycles. The Balaban J connectivity index is 2.67. The number of benzene rings is 1. The van der Waals surface area contributed by atoms with Crippen molar-refractivity contribution in [1.29, 1.82) is 0 Å². The van der Waals surface area contributed by atoms with Crippen LogP contribution in [0.25, 0.3) is 0 Å². The quantitative estimate of drug-likeness (QED) is 0.792. The topological polar surface area (TPSA) is 41.1 Å². The van der Waals surface area contributed by atoms with Crippen molar-refractivity contribution in [2.45, 2.75) is 19.9 Å². The number of hydrogen-bond acceptors (Lipinski definition) is 2. The maximum atomic E-state index is 11.6. The van der Waals surface area contributed by atoms with Gasteiger partial charge >= 0.3 is 0 Å². The van der Waals surface area contributed by atoms with Gasteiger partial charge in [0.05, 0.1) is 0 Å². The van der Waals surface area contributed by atoms with Crippen molar-refractivity contribution in [2.75, 3.05) is 11.9 Å². The van der Waals surface area contributed by atoms with Crippen LogP contribution in [-0.4, -0.2) is 18.5 Å². The molecule has 1 unspecified atom stereocenters. The van der Waals surface area contributed by atoms with Gasteiger partial charge in [-0.25, -0.2) is 0 Å². The minimum Gasteiger partial charge on any atom is -0.374 e. The van der Waals surface area contributed by atoms with Crippen LogP contribution in [0, 0.1) is 6.92 Å². The van der Waals surface area contributed by atoms with Gasteiger partial charge in [-0.2, -0.15) is 0 Å². The lowest BCUT2D eigenvalue weighted by Crippen LogP contribution is -2.37. The number of hydrogen-bond donors (Lipinski definition) is 2. The molecule has 0 radical (unpaired) electrons. The predicted molar refractivity (Wildman–Crippen MR) is 72.5 cm³/mol. The second-order valence-electron chi connectivity index (χ2n) is 3.81. The summed E-state index contributed by atoms with van der Waals surface area (Å²) in [7, 11) is 0. The summed E-state index contributed by atoms with van der Waals surface area (Å²) in [6.45, 7) is 7.74. The van der Waals surface area contributed by atoms with Crippen LogP contribution in [0.2, 0.25) is 5.02 Å². The van der Waals surface area contributed by atoms with E-state index in [1.807, 2.05) is 25.1 Å². The van der Waals surface area contributed by atoms with Crippen LogP contribution in [0.15, 0.2) is 30.9 Å². The van der Waals surface area contributed by atoms with E-state index >= 15 is 0 Å². The van der Waals surface area contributed by atoms with Crippen LogP contribution < -0.4 is 10.6 Å². The van der Waals surface area contributed by atoms with Gasteiger partial charge in [0.1, 0.15) is 6.04 Å². The van der Waals surface area contributed by atoms with E-state index in [4.69, 9.17) is 11.6 Å². The second kappa shape index (κ2) is 6.30. The molecule has 0 saturated carbocycles. The molecule has 1 atom stereocenters. The standard InChI is InChI=1S/C13H17ClN2O/c1-4-8-15-13(17)10(3)16-12-7-5-6-11(14)9(12)2/h4-7,10,16H,1,8H2,2-3H3,(H,15,17). The third-order valence-corrected chi connectivity index (χ3v) is 2.86. The zero-order valence-corrected chi connectivity index (χ0v) is 10.8. The van der Waals surface area contributed by atoms with E-state index < -0.39 is 0 Å². The molecule has 0 heterocycles. The fourth-order valence-electron chi connectivity index (χ4n) is 1.39. The first-order valence-corrected chi connectivity index (χ1v) is 5.84. The maximum absolute atomic E-state index is 11.6. The highest BCUT2D eigenvalue weighted by molar-refractivity contribution is 6.31. The average Bonchev–Trinajstić information content (AvgIpc) is 2.31. The first-order chi connectivity index (χ1) is 8.06. The lowest BCUT2D eigenvalue weighted by atomic mass is 10.2. The lowest BCUT2D eigenvalue weighted by Gasteiger charge is -2.16. The molecule has 92 valence electrons. The van der Waals surface area contributed by atoms with E-state index in [1.165, 1.54) is 0 Å². The molecule has 0 bridgehead atoms. The van der Waals surface area contributed by atoms with Crippen molar-refractivity contribution in [1.82, 2.24) is 5.32 Å². The Morgan fingerprint density at radius 2 is 2.29 bits per heavy atom. The third kappa shape index (κ3) is 3.79. The highest BCUT2D eigenvalue weighted by Gasteiger charge is 2.12. The Bertz CT molecular complexity index is 418. The number of rotatable bonds is 5. The van der Waals surface area contributed by atoms with Gasteiger partial charge in [-0.05, 0) is 31.5 Å². The SMILES string of the molecule is C=CCNC(=O)C(C)Nc1cccc(Cl)c1C. The van der Waals surface area contributed by atoms with Crippen LogP contribution >= 0.6 is 11.6 Å². The van der Waals surface area contributed by atoms with Crippen LogP contribution in [0.3, 0.4) is 0 Å². The molecule has 0 aliphatic rings. The van der Waals surface area contributed by atoms with E-state index in [2.05, 4.69) is 17.2 Å². The molecular weight excluding hydrogens is 236 g/mol. The summed E-state index contributed by atoms with van der Waals surface area (Å²) in [5.74, 6) is -0.0655. The second-order valence-corrected chi connectivity index (χ2v) is 4.22. The molecule has 0 aliphatic carbocycles. The Morgan fingerprint density at radius 3 is 2.94 bits per heavy atom. The molecular formula is C13H17ClN2O. The van der Waals surface area contributed by atoms with Crippen molar-refractivity contribution >= 4 is 23.2 Å². The third-order valence-electron chi connectivity index (χ3n) is 2.45. The molecule has 1 rings (SSSR count). The van der Waals surface area contributed by atoms with Crippen molar-refractivity contribution in [3.8, 4) is 0 Å². The molecule has 2 N–H and O–H groups in total. The van der Waals surface area contributed by atoms with E-state index in [0.29, 0.717) is 11.6 Å². The summed E-state index contributed by atoms with van der Waals surface area (Å²) >= 11 is 6.01. The van der Waals surface area contributed by atoms with Gasteiger partial charge in [0.15, 0.2) is 0 Å². The van der Waals surface area contributed by atoms with Gasteiger partial charge in [-0.15, -0.1) is 6.58 Å². The summed E-state index contributed by atoms with van der Waals surface area (Å²) < 4.78 is 0. The molecule has 1 aromatic carbocycles. The maximum Gasteiger partial charge on any atom is 0.242 e. The van der Waals surface area contributed by atoms with Crippen LogP contribution in [-0.2, 0) is 4.79 Å². The van der Waals surface area contributed by atoms with Crippen LogP contribution in [0.1, 0.15) is 12.5 Å². The van der Waals surface area contributed by atoms with E-state index in [-0.39, 0.29) is 11.9 Å². The molecule has 17 heavy (non-hydrogen) atoms. The van der Waals surface area contributed by atoms with Crippen LogP contribution in [0.5, 0.6) is 0 Å². The number of carbonyl (C=O) groups is 1. The van der Waals surface area contributed by atoms with Crippen molar-refractivity contribution in [3.63, 3.8) is 0 Å². The van der Waals surface area contributed by atoms with E-state index in [1.54, 1.807) is 13.0 Å². The first-order valence-electron chi connectivity index (χ1n) is 5.46. The molecule has 1 aromatic rings. The largest absolute Gasteiger partial charge is 0.374 e. The monoisotopic (exact) mass is 252 g/mol. The van der Waals surface area contributed by atoms with Crippen molar-refractivity contribution < 1.29 is 4.79 Å². The number of carbonyl (C=O) groups excluding carboxylic acids is 1. The minimum absolute atomic E-state index is 0.0655. The molecule has 3 nitrogen and oxygen atoms in total. The number of nitrogens with one attached hydrogen (secondary N) is 2. The van der Waals surface area contributed by atoms with Gasteiger partial charge < -0.3 is 10.6 Å². The summed E-state index contributed by atoms with van der Waals surface area (Å²) in [5.41, 5.74) is 1.82. The molecule has 4 heteroatoms. The van der Waals surface area contributed by atoms with Crippen molar-refractivity contribution in [3.05, 3.63) is 41.4 Å². The normalized spacial score (nSPS) is 11.7. The summed E-state index contributed by atoms with van der Waals surface area (Å²) in [4.78, 5) is 11.6. The Kier molecular flexibility index (Phi) is 5.04. The number of halogens is 1. The molecule has 0 fully saturated rings. The van der Waals surface area contributed by atoms with Gasteiger partial charge in [0, 0.05) is 17.3 Å². The van der Waals surface area contributed by atoms with Gasteiger partial charge in [-0.3, -0.25) is 4.79 Å². The summed E-state index contributed by atoms with van der Waals surface area (Å²) in [5, 5.41) is 6.55. The summed E-state index contributed by atoms with van der Waals surface area (Å²) in [6, 6.07) is 5.27. The fraction of sp³-hybridized carbons (Fsp3) is 0.308. The molecule has 0 saturated heterocycles. The van der Waals surface area contributed by atoms with Gasteiger partial charge in [0.2, 0.25) is 5.91 Å². The van der Waals surface area contributed by atoms with E-state index in [0.717, 1.165) is 11.3 Å². The lowest BCUT2D eigenvalue weighted by molar-refractivity contribution is -0.121. The average molecular weight is 253 g/mol. The Morgan fingerprint density at radius 1 is 1.59 bits per heavy atom. The first kappa shape index (κ1) is 13.6. The Hall–Kier alpha value is -1.48. The molecule has 0 spiro atoms. The smallest absolute Gasteiger partial charge is 0.242 e. The molecule has 0 aliphatic heterocycles. The van der Waals surface area contributed by atoms with Gasteiger partial charge in [0.25, 0.3) is 0 Å². The number of amides is 1. The van der Waals surface area contributed by atoms with Crippen molar-refractivity contribution in [2.24, 2.45) is 0 Å². The summed E-state index contributed by atoms with van der Waals surface area (Å²) in [6.07, 6.45) is 1.65. The minimum atomic E-state index is -0.313. The highest BCUT2D eigenvalue weighted by Crippen LogP contribution is 2.23. The highest BCUT2D eigenvalue weighted by atomic mass is 35.5. The van der Waals surface area contributed by atoms with Gasteiger partial charge in [-0.1, -0.05) is 23.7 Å². The Labute approximate surface area is 107 Å². The van der Waals surface area contributed by atoms with E-state index in [9.17, 15) is 4.79 Å². The molecule has 1 amide bonds. The zero-order valence-electron chi connectivity index (χ0n) is 10.1. The fourth-order valence-corrected chi connectivity index (χ4v) is 1.56.